The zero-order chi connectivity index (χ0) is 21.8. The van der Waals surface area contributed by atoms with E-state index in [1.165, 1.54) is 6.07 Å². The summed E-state index contributed by atoms with van der Waals surface area (Å²) in [5.74, 6) is -2.68. The summed E-state index contributed by atoms with van der Waals surface area (Å²) in [6.45, 7) is 0. The Morgan fingerprint density at radius 3 is 2.21 bits per heavy atom. The first-order valence-electron chi connectivity index (χ1n) is 8.15. The third-order valence-electron chi connectivity index (χ3n) is 3.97. The zero-order valence-electron chi connectivity index (χ0n) is 14.7. The van der Waals surface area contributed by atoms with Crippen molar-refractivity contribution in [3.05, 3.63) is 75.1 Å². The molecule has 29 heavy (non-hydrogen) atoms. The van der Waals surface area contributed by atoms with E-state index in [0.717, 1.165) is 36.4 Å². The van der Waals surface area contributed by atoms with Crippen molar-refractivity contribution < 1.29 is 32.1 Å². The van der Waals surface area contributed by atoms with Gasteiger partial charge in [-0.05, 0) is 29.3 Å². The minimum absolute atomic E-state index is 0.191. The summed E-state index contributed by atoms with van der Waals surface area (Å²) in [6.07, 6.45) is -5.05. The quantitative estimate of drug-likeness (QED) is 0.412. The van der Waals surface area contributed by atoms with Gasteiger partial charge in [0, 0.05) is 12.5 Å². The van der Waals surface area contributed by atoms with Crippen LogP contribution < -0.4 is 11.1 Å². The first kappa shape index (κ1) is 21.8. The van der Waals surface area contributed by atoms with Crippen LogP contribution in [0, 0.1) is 15.9 Å². The second-order valence-electron chi connectivity index (χ2n) is 6.14. The Bertz CT molecular complexity index is 930. The van der Waals surface area contributed by atoms with Gasteiger partial charge in [0.15, 0.2) is 0 Å². The fraction of sp³-hybridized carbons (Fsp3) is 0.222. The van der Waals surface area contributed by atoms with E-state index in [0.29, 0.717) is 0 Å². The average molecular weight is 413 g/mol. The molecule has 0 fully saturated rings. The Morgan fingerprint density at radius 1 is 1.10 bits per heavy atom. The molecule has 0 saturated heterocycles. The van der Waals surface area contributed by atoms with Crippen LogP contribution in [-0.4, -0.2) is 22.8 Å². The first-order chi connectivity index (χ1) is 13.5. The molecule has 7 nitrogen and oxygen atoms in total. The molecule has 154 valence electrons. The number of nitrogens with one attached hydrogen (secondary N) is 1. The average Bonchev–Trinajstić information content (AvgIpc) is 2.62. The largest absolute Gasteiger partial charge is 0.416 e. The summed E-state index contributed by atoms with van der Waals surface area (Å²) >= 11 is 0. The molecule has 0 aliphatic carbocycles. The molecule has 0 spiro atoms. The molecule has 11 heteroatoms. The lowest BCUT2D eigenvalue weighted by Crippen LogP contribution is -2.46. The second-order valence-corrected chi connectivity index (χ2v) is 6.14. The third kappa shape index (κ3) is 5.99. The lowest BCUT2D eigenvalue weighted by Gasteiger charge is -2.16. The van der Waals surface area contributed by atoms with Crippen LogP contribution in [0.4, 0.5) is 23.2 Å². The molecular weight excluding hydrogens is 398 g/mol. The molecule has 2 amide bonds. The lowest BCUT2D eigenvalue weighted by atomic mass is 10.0. The van der Waals surface area contributed by atoms with Gasteiger partial charge in [-0.3, -0.25) is 19.7 Å². The van der Waals surface area contributed by atoms with E-state index in [2.05, 4.69) is 5.32 Å². The topological polar surface area (TPSA) is 115 Å². The number of rotatable bonds is 7. The fourth-order valence-corrected chi connectivity index (χ4v) is 2.53. The number of carbonyl (C=O) groups is 2. The summed E-state index contributed by atoms with van der Waals surface area (Å²) in [7, 11) is 0. The second kappa shape index (κ2) is 8.67. The number of nitrogens with two attached hydrogens (primary N) is 1. The van der Waals surface area contributed by atoms with E-state index < -0.39 is 46.0 Å². The van der Waals surface area contributed by atoms with Crippen molar-refractivity contribution in [3.63, 3.8) is 0 Å². The van der Waals surface area contributed by atoms with Gasteiger partial charge in [-0.25, -0.2) is 0 Å². The van der Waals surface area contributed by atoms with Gasteiger partial charge in [0.05, 0.1) is 16.9 Å². The monoisotopic (exact) mass is 413 g/mol. The summed E-state index contributed by atoms with van der Waals surface area (Å²) < 4.78 is 51.1. The molecule has 0 aliphatic rings. The highest BCUT2D eigenvalue weighted by Gasteiger charge is 2.30. The highest BCUT2D eigenvalue weighted by Crippen LogP contribution is 2.29. The number of amides is 2. The Morgan fingerprint density at radius 2 is 1.69 bits per heavy atom. The van der Waals surface area contributed by atoms with Gasteiger partial charge in [-0.1, -0.05) is 18.2 Å². The summed E-state index contributed by atoms with van der Waals surface area (Å²) in [6, 6.07) is 5.65. The fourth-order valence-electron chi connectivity index (χ4n) is 2.53. The van der Waals surface area contributed by atoms with Crippen LogP contribution in [0.3, 0.4) is 0 Å². The van der Waals surface area contributed by atoms with Gasteiger partial charge in [0.2, 0.25) is 17.6 Å². The Labute approximate surface area is 161 Å². The van der Waals surface area contributed by atoms with Crippen molar-refractivity contribution in [2.24, 2.45) is 5.73 Å². The van der Waals surface area contributed by atoms with Gasteiger partial charge in [-0.2, -0.15) is 17.6 Å². The number of nitro groups is 1. The van der Waals surface area contributed by atoms with Crippen molar-refractivity contribution in [1.82, 2.24) is 5.32 Å². The van der Waals surface area contributed by atoms with Gasteiger partial charge < -0.3 is 11.1 Å². The zero-order valence-corrected chi connectivity index (χ0v) is 14.7. The first-order valence-corrected chi connectivity index (χ1v) is 8.15. The van der Waals surface area contributed by atoms with Crippen LogP contribution in [0.2, 0.25) is 0 Å². The van der Waals surface area contributed by atoms with Crippen molar-refractivity contribution in [2.45, 2.75) is 25.1 Å². The molecule has 2 aromatic carbocycles. The smallest absolute Gasteiger partial charge is 0.368 e. The van der Waals surface area contributed by atoms with E-state index in [-0.39, 0.29) is 24.0 Å². The molecule has 0 radical (unpaired) electrons. The summed E-state index contributed by atoms with van der Waals surface area (Å²) in [5.41, 5.74) is 4.04. The molecule has 0 aromatic heterocycles. The van der Waals surface area contributed by atoms with Crippen molar-refractivity contribution in [2.75, 3.05) is 0 Å². The van der Waals surface area contributed by atoms with Crippen LogP contribution >= 0.6 is 0 Å². The predicted molar refractivity (Wildman–Crippen MR) is 93.0 cm³/mol. The number of hydrogen-bond donors (Lipinski definition) is 2. The van der Waals surface area contributed by atoms with Gasteiger partial charge in [0.25, 0.3) is 0 Å². The maximum Gasteiger partial charge on any atom is 0.416 e. The van der Waals surface area contributed by atoms with Crippen molar-refractivity contribution in [1.29, 1.82) is 0 Å². The molecule has 1 atom stereocenters. The number of carbonyl (C=O) groups excluding carboxylic acids is 2. The minimum atomic E-state index is -4.50. The number of primary amides is 1. The van der Waals surface area contributed by atoms with Gasteiger partial charge in [-0.15, -0.1) is 0 Å². The molecule has 0 aliphatic heterocycles. The lowest BCUT2D eigenvalue weighted by molar-refractivity contribution is -0.387. The van der Waals surface area contributed by atoms with E-state index in [1.54, 1.807) is 0 Å². The molecule has 3 N–H and O–H groups in total. The Hall–Kier alpha value is -3.50. The van der Waals surface area contributed by atoms with Crippen LogP contribution in [0.1, 0.15) is 16.7 Å². The highest BCUT2D eigenvalue weighted by molar-refractivity contribution is 5.87. The van der Waals surface area contributed by atoms with E-state index >= 15 is 0 Å². The standard InChI is InChI=1S/C18H15F4N3O4/c19-13-6-3-11(8-15(13)25(28)29)7-14(17(23)27)24-16(26)9-10-1-4-12(5-2-10)18(20,21)22/h1-6,8,14H,7,9H2,(H2,23,27)(H,24,26)/t14-/m1/s1. The molecular formula is C18H15F4N3O4. The van der Waals surface area contributed by atoms with Crippen LogP contribution in [0.25, 0.3) is 0 Å². The molecule has 0 saturated carbocycles. The van der Waals surface area contributed by atoms with Crippen molar-refractivity contribution >= 4 is 17.5 Å². The van der Waals surface area contributed by atoms with Gasteiger partial charge in [0.1, 0.15) is 6.04 Å². The third-order valence-corrected chi connectivity index (χ3v) is 3.97. The predicted octanol–water partition coefficient (Wildman–Crippen LogP) is 2.51. The van der Waals surface area contributed by atoms with Crippen LogP contribution in [-0.2, 0) is 28.6 Å². The van der Waals surface area contributed by atoms with Crippen molar-refractivity contribution in [3.8, 4) is 0 Å². The van der Waals surface area contributed by atoms with Crippen LogP contribution in [0.15, 0.2) is 42.5 Å². The number of alkyl halides is 3. The maximum absolute atomic E-state index is 13.4. The van der Waals surface area contributed by atoms with Gasteiger partial charge >= 0.3 is 11.9 Å². The van der Waals surface area contributed by atoms with E-state index in [4.69, 9.17) is 5.73 Å². The van der Waals surface area contributed by atoms with Crippen LogP contribution in [0.5, 0.6) is 0 Å². The highest BCUT2D eigenvalue weighted by atomic mass is 19.4. The maximum atomic E-state index is 13.4. The normalized spacial score (nSPS) is 12.3. The molecule has 0 heterocycles. The molecule has 0 unspecified atom stereocenters. The number of halogens is 4. The summed E-state index contributed by atoms with van der Waals surface area (Å²) in [4.78, 5) is 33.6. The van der Waals surface area contributed by atoms with E-state index in [9.17, 15) is 37.3 Å². The Kier molecular flexibility index (Phi) is 6.52. The minimum Gasteiger partial charge on any atom is -0.368 e. The SMILES string of the molecule is NC(=O)[C@@H](Cc1ccc(F)c([N+](=O)[O-])c1)NC(=O)Cc1ccc(C(F)(F)F)cc1. The number of nitro benzene ring substituents is 1. The molecule has 2 aromatic rings. The molecule has 0 bridgehead atoms. The summed E-state index contributed by atoms with van der Waals surface area (Å²) in [5, 5.41) is 13.1. The number of nitrogens with zero attached hydrogens (tertiary/aromatic N) is 1. The molecule has 2 rings (SSSR count). The Balaban J connectivity index is 2.07. The number of benzene rings is 2. The van der Waals surface area contributed by atoms with E-state index in [1.807, 2.05) is 0 Å². The number of hydrogen-bond acceptors (Lipinski definition) is 4.